The predicted molar refractivity (Wildman–Crippen MR) is 112 cm³/mol. The lowest BCUT2D eigenvalue weighted by Crippen LogP contribution is -2.41. The lowest BCUT2D eigenvalue weighted by atomic mass is 10.1. The van der Waals surface area contributed by atoms with Crippen LogP contribution in [0.25, 0.3) is 0 Å². The lowest BCUT2D eigenvalue weighted by Gasteiger charge is -2.23. The number of rotatable bonds is 9. The van der Waals surface area contributed by atoms with Gasteiger partial charge in [-0.3, -0.25) is 9.10 Å². The van der Waals surface area contributed by atoms with Gasteiger partial charge in [0, 0.05) is 0 Å². The number of aryl methyl sites for hydroxylation is 1. The van der Waals surface area contributed by atoms with Crippen LogP contribution in [0.2, 0.25) is 0 Å². The van der Waals surface area contributed by atoms with Crippen LogP contribution < -0.4 is 14.4 Å². The summed E-state index contributed by atoms with van der Waals surface area (Å²) in [5.74, 6) is 0.293. The summed E-state index contributed by atoms with van der Waals surface area (Å²) in [6.07, 6.45) is 1.97. The van der Waals surface area contributed by atoms with Crippen LogP contribution in [0.1, 0.15) is 37.4 Å². The molecule has 152 valence electrons. The van der Waals surface area contributed by atoms with E-state index in [1.165, 1.54) is 0 Å². The zero-order chi connectivity index (χ0) is 20.7. The largest absolute Gasteiger partial charge is 0.494 e. The minimum atomic E-state index is -3.62. The fourth-order valence-corrected chi connectivity index (χ4v) is 3.54. The highest BCUT2D eigenvalue weighted by atomic mass is 32.2. The molecule has 0 heterocycles. The molecule has 28 heavy (non-hydrogen) atoms. The fourth-order valence-electron chi connectivity index (χ4n) is 2.68. The fraction of sp³-hybridized carbons (Fsp3) is 0.381. The molecule has 0 saturated carbocycles. The van der Waals surface area contributed by atoms with Crippen LogP contribution >= 0.6 is 0 Å². The molecule has 1 amide bonds. The quantitative estimate of drug-likeness (QED) is 0.695. The molecule has 7 heteroatoms. The van der Waals surface area contributed by atoms with E-state index in [1.807, 2.05) is 45.0 Å². The van der Waals surface area contributed by atoms with E-state index < -0.39 is 10.0 Å². The van der Waals surface area contributed by atoms with Crippen molar-refractivity contribution in [2.24, 2.45) is 0 Å². The van der Waals surface area contributed by atoms with Gasteiger partial charge in [-0.15, -0.1) is 0 Å². The Morgan fingerprint density at radius 3 is 2.25 bits per heavy atom. The summed E-state index contributed by atoms with van der Waals surface area (Å²) in [5.41, 5.74) is 2.52. The Morgan fingerprint density at radius 1 is 1.11 bits per heavy atom. The van der Waals surface area contributed by atoms with Crippen molar-refractivity contribution in [1.29, 1.82) is 0 Å². The molecule has 6 nitrogen and oxygen atoms in total. The molecule has 1 N–H and O–H groups in total. The van der Waals surface area contributed by atoms with Crippen molar-refractivity contribution in [3.63, 3.8) is 0 Å². The van der Waals surface area contributed by atoms with E-state index in [0.717, 1.165) is 28.1 Å². The monoisotopic (exact) mass is 404 g/mol. The van der Waals surface area contributed by atoms with Crippen LogP contribution in [0.4, 0.5) is 5.69 Å². The van der Waals surface area contributed by atoms with E-state index in [9.17, 15) is 13.2 Å². The Morgan fingerprint density at radius 2 is 1.71 bits per heavy atom. The van der Waals surface area contributed by atoms with E-state index in [0.29, 0.717) is 18.0 Å². The minimum absolute atomic E-state index is 0.223. The molecule has 0 fully saturated rings. The van der Waals surface area contributed by atoms with Gasteiger partial charge in [0.25, 0.3) is 0 Å². The van der Waals surface area contributed by atoms with Gasteiger partial charge >= 0.3 is 0 Å². The number of amides is 1. The lowest BCUT2D eigenvalue weighted by molar-refractivity contribution is -0.120. The summed E-state index contributed by atoms with van der Waals surface area (Å²) in [7, 11) is -3.62. The van der Waals surface area contributed by atoms with Gasteiger partial charge < -0.3 is 10.1 Å². The number of ether oxygens (including phenoxy) is 1. The Kier molecular flexibility index (Phi) is 7.45. The number of benzene rings is 2. The van der Waals surface area contributed by atoms with Crippen molar-refractivity contribution >= 4 is 21.6 Å². The summed E-state index contributed by atoms with van der Waals surface area (Å²) < 4.78 is 31.1. The van der Waals surface area contributed by atoms with Gasteiger partial charge in [0.1, 0.15) is 12.3 Å². The first-order valence-corrected chi connectivity index (χ1v) is 11.1. The van der Waals surface area contributed by atoms with E-state index in [1.54, 1.807) is 24.3 Å². The predicted octanol–water partition coefficient (Wildman–Crippen LogP) is 3.43. The maximum absolute atomic E-state index is 12.5. The molecular formula is C21H28N2O4S. The van der Waals surface area contributed by atoms with E-state index in [-0.39, 0.29) is 18.5 Å². The molecule has 0 aliphatic heterocycles. The van der Waals surface area contributed by atoms with Crippen LogP contribution in [0.3, 0.4) is 0 Å². The second-order valence-electron chi connectivity index (χ2n) is 6.81. The molecule has 0 aliphatic carbocycles. The van der Waals surface area contributed by atoms with Crippen LogP contribution in [-0.4, -0.2) is 33.7 Å². The third kappa shape index (κ3) is 6.27. The van der Waals surface area contributed by atoms with Crippen LogP contribution in [0, 0.1) is 6.92 Å². The molecule has 2 aromatic carbocycles. The zero-order valence-electron chi connectivity index (χ0n) is 16.8. The first kappa shape index (κ1) is 21.8. The maximum Gasteiger partial charge on any atom is 0.241 e. The Balaban J connectivity index is 2.09. The number of sulfonamides is 1. The number of nitrogens with zero attached hydrogens (tertiary/aromatic N) is 1. The van der Waals surface area contributed by atoms with Gasteiger partial charge in [0.15, 0.2) is 0 Å². The van der Waals surface area contributed by atoms with Crippen molar-refractivity contribution in [3.05, 3.63) is 59.7 Å². The number of hydrogen-bond acceptors (Lipinski definition) is 4. The van der Waals surface area contributed by atoms with Crippen LogP contribution in [0.15, 0.2) is 48.5 Å². The van der Waals surface area contributed by atoms with Crippen molar-refractivity contribution < 1.29 is 17.9 Å². The molecule has 1 unspecified atom stereocenters. The SMILES string of the molecule is CCCOc1ccc(N(CC(=O)NC(C)c2ccc(C)cc2)S(C)(=O)=O)cc1. The normalized spacial score (nSPS) is 12.3. The molecule has 2 rings (SSSR count). The number of nitrogens with one attached hydrogen (secondary N) is 1. The smallest absolute Gasteiger partial charge is 0.241 e. The molecule has 0 aromatic heterocycles. The van der Waals surface area contributed by atoms with Crippen molar-refractivity contribution in [1.82, 2.24) is 5.32 Å². The van der Waals surface area contributed by atoms with Gasteiger partial charge in [0.2, 0.25) is 15.9 Å². The Bertz CT molecular complexity index is 878. The molecule has 0 spiro atoms. The number of hydrogen-bond donors (Lipinski definition) is 1. The summed E-state index contributed by atoms with van der Waals surface area (Å²) in [6.45, 7) is 6.18. The highest BCUT2D eigenvalue weighted by Crippen LogP contribution is 2.22. The average molecular weight is 405 g/mol. The highest BCUT2D eigenvalue weighted by Gasteiger charge is 2.22. The summed E-state index contributed by atoms with van der Waals surface area (Å²) in [5, 5.41) is 2.86. The maximum atomic E-state index is 12.5. The summed E-state index contributed by atoms with van der Waals surface area (Å²) in [6, 6.07) is 14.3. The summed E-state index contributed by atoms with van der Waals surface area (Å²) >= 11 is 0. The second-order valence-corrected chi connectivity index (χ2v) is 8.72. The summed E-state index contributed by atoms with van der Waals surface area (Å²) in [4.78, 5) is 12.5. The number of carbonyl (C=O) groups is 1. The molecule has 0 bridgehead atoms. The molecular weight excluding hydrogens is 376 g/mol. The third-order valence-corrected chi connectivity index (χ3v) is 5.38. The number of carbonyl (C=O) groups excluding carboxylic acids is 1. The van der Waals surface area contributed by atoms with E-state index >= 15 is 0 Å². The van der Waals surface area contributed by atoms with Crippen molar-refractivity contribution in [2.75, 3.05) is 23.7 Å². The third-order valence-electron chi connectivity index (χ3n) is 4.24. The molecule has 2 aromatic rings. The van der Waals surface area contributed by atoms with Gasteiger partial charge in [-0.25, -0.2) is 8.42 Å². The molecule has 1 atom stereocenters. The van der Waals surface area contributed by atoms with Gasteiger partial charge in [-0.2, -0.15) is 0 Å². The number of anilines is 1. The Hall–Kier alpha value is -2.54. The molecule has 0 radical (unpaired) electrons. The van der Waals surface area contributed by atoms with E-state index in [4.69, 9.17) is 4.74 Å². The van der Waals surface area contributed by atoms with Crippen molar-refractivity contribution in [3.8, 4) is 5.75 Å². The highest BCUT2D eigenvalue weighted by molar-refractivity contribution is 7.92. The molecule has 0 aliphatic rings. The average Bonchev–Trinajstić information content (AvgIpc) is 2.64. The van der Waals surface area contributed by atoms with Gasteiger partial charge in [0.05, 0.1) is 24.6 Å². The first-order valence-electron chi connectivity index (χ1n) is 9.27. The van der Waals surface area contributed by atoms with Gasteiger partial charge in [-0.1, -0.05) is 36.8 Å². The minimum Gasteiger partial charge on any atom is -0.494 e. The Labute approximate surface area is 167 Å². The van der Waals surface area contributed by atoms with E-state index in [2.05, 4.69) is 5.32 Å². The van der Waals surface area contributed by atoms with Crippen LogP contribution in [-0.2, 0) is 14.8 Å². The topological polar surface area (TPSA) is 75.7 Å². The standard InChI is InChI=1S/C21H28N2O4S/c1-5-14-27-20-12-10-19(11-13-20)23(28(4,25)26)15-21(24)22-17(3)18-8-6-16(2)7-9-18/h6-13,17H,5,14-15H2,1-4H3,(H,22,24). The van der Waals surface area contributed by atoms with Crippen LogP contribution in [0.5, 0.6) is 5.75 Å². The molecule has 0 saturated heterocycles. The van der Waals surface area contributed by atoms with Gasteiger partial charge in [-0.05, 0) is 50.1 Å². The zero-order valence-corrected chi connectivity index (χ0v) is 17.6. The first-order chi connectivity index (χ1) is 13.2. The second kappa shape index (κ2) is 9.59. The van der Waals surface area contributed by atoms with Crippen molar-refractivity contribution in [2.45, 2.75) is 33.2 Å².